The van der Waals surface area contributed by atoms with Crippen LogP contribution in [0.4, 0.5) is 5.69 Å². The third-order valence-electron chi connectivity index (χ3n) is 5.50. The maximum atomic E-state index is 13.3. The minimum atomic E-state index is -0.673. The summed E-state index contributed by atoms with van der Waals surface area (Å²) >= 11 is 0. The van der Waals surface area contributed by atoms with E-state index in [4.69, 9.17) is 9.47 Å². The maximum Gasteiger partial charge on any atom is 0.269 e. The van der Waals surface area contributed by atoms with Crippen molar-refractivity contribution in [2.75, 3.05) is 12.4 Å². The van der Waals surface area contributed by atoms with Gasteiger partial charge < -0.3 is 14.8 Å². The zero-order chi connectivity index (χ0) is 24.9. The largest absolute Gasteiger partial charge is 0.497 e. The quantitative estimate of drug-likeness (QED) is 0.327. The van der Waals surface area contributed by atoms with Crippen LogP contribution in [0.25, 0.3) is 11.7 Å². The molecule has 0 aliphatic rings. The molecule has 0 fully saturated rings. The molecule has 0 aliphatic carbocycles. The fourth-order valence-corrected chi connectivity index (χ4v) is 3.39. The van der Waals surface area contributed by atoms with Gasteiger partial charge in [-0.05, 0) is 73.5 Å². The lowest BCUT2D eigenvalue weighted by molar-refractivity contribution is -0.112. The summed E-state index contributed by atoms with van der Waals surface area (Å²) in [6.45, 7) is 3.85. The number of fused-ring (bicyclic) bond motifs is 1. The second kappa shape index (κ2) is 9.93. The number of nitriles is 1. The highest BCUT2D eigenvalue weighted by molar-refractivity contribution is 6.09. The molecule has 1 N–H and O–H groups in total. The zero-order valence-electron chi connectivity index (χ0n) is 19.4. The van der Waals surface area contributed by atoms with Crippen LogP contribution in [0.2, 0.25) is 0 Å². The van der Waals surface area contributed by atoms with Gasteiger partial charge in [0.2, 0.25) is 5.88 Å². The molecule has 174 valence electrons. The lowest BCUT2D eigenvalue weighted by Crippen LogP contribution is -2.20. The summed E-state index contributed by atoms with van der Waals surface area (Å²) in [5, 5.41) is 12.4. The molecular formula is C27H22N4O4. The number of methoxy groups -OCH3 is 1. The van der Waals surface area contributed by atoms with Gasteiger partial charge in [0.15, 0.2) is 0 Å². The lowest BCUT2D eigenvalue weighted by Gasteiger charge is -2.13. The van der Waals surface area contributed by atoms with Crippen LogP contribution < -0.4 is 20.3 Å². The predicted octanol–water partition coefficient (Wildman–Crippen LogP) is 4.66. The number of amides is 1. The normalized spacial score (nSPS) is 11.1. The summed E-state index contributed by atoms with van der Waals surface area (Å²) in [4.78, 5) is 30.7. The Labute approximate surface area is 201 Å². The maximum absolute atomic E-state index is 13.3. The van der Waals surface area contributed by atoms with E-state index < -0.39 is 11.5 Å². The number of aryl methyl sites for hydroxylation is 1. The molecule has 2 aromatic carbocycles. The number of aromatic nitrogens is 2. The number of rotatable bonds is 6. The molecule has 0 bridgehead atoms. The third kappa shape index (κ3) is 4.89. The first-order chi connectivity index (χ1) is 16.9. The minimum absolute atomic E-state index is 0.0000949. The summed E-state index contributed by atoms with van der Waals surface area (Å²) < 4.78 is 12.5. The van der Waals surface area contributed by atoms with Gasteiger partial charge in [-0.25, -0.2) is 0 Å². The average molecular weight is 466 g/mol. The van der Waals surface area contributed by atoms with Crippen molar-refractivity contribution in [3.63, 3.8) is 0 Å². The summed E-state index contributed by atoms with van der Waals surface area (Å²) in [5.41, 5.74) is 1.97. The Hall–Kier alpha value is -4.90. The van der Waals surface area contributed by atoms with Crippen molar-refractivity contribution in [2.24, 2.45) is 0 Å². The molecule has 0 saturated heterocycles. The van der Waals surface area contributed by atoms with Gasteiger partial charge in [0, 0.05) is 11.9 Å². The van der Waals surface area contributed by atoms with Gasteiger partial charge in [-0.15, -0.1) is 0 Å². The molecule has 4 rings (SSSR count). The second-order valence-corrected chi connectivity index (χ2v) is 7.72. The van der Waals surface area contributed by atoms with Crippen LogP contribution >= 0.6 is 0 Å². The highest BCUT2D eigenvalue weighted by Crippen LogP contribution is 2.28. The van der Waals surface area contributed by atoms with Gasteiger partial charge in [0.1, 0.15) is 34.4 Å². The van der Waals surface area contributed by atoms with Crippen LogP contribution in [0, 0.1) is 25.2 Å². The number of hydrogen-bond donors (Lipinski definition) is 1. The van der Waals surface area contributed by atoms with Crippen molar-refractivity contribution in [1.82, 2.24) is 9.38 Å². The van der Waals surface area contributed by atoms with E-state index in [2.05, 4.69) is 10.3 Å². The highest BCUT2D eigenvalue weighted by atomic mass is 16.5. The van der Waals surface area contributed by atoms with Gasteiger partial charge in [-0.3, -0.25) is 14.0 Å². The Bertz CT molecular complexity index is 1550. The van der Waals surface area contributed by atoms with Crippen molar-refractivity contribution in [2.45, 2.75) is 13.8 Å². The van der Waals surface area contributed by atoms with Crippen molar-refractivity contribution < 1.29 is 14.3 Å². The van der Waals surface area contributed by atoms with E-state index in [-0.39, 0.29) is 17.0 Å². The second-order valence-electron chi connectivity index (χ2n) is 7.72. The molecular weight excluding hydrogens is 444 g/mol. The van der Waals surface area contributed by atoms with Gasteiger partial charge in [-0.2, -0.15) is 10.2 Å². The smallest absolute Gasteiger partial charge is 0.269 e. The predicted molar refractivity (Wildman–Crippen MR) is 133 cm³/mol. The van der Waals surface area contributed by atoms with Crippen LogP contribution in [0.3, 0.4) is 0 Å². The Morgan fingerprint density at radius 3 is 2.57 bits per heavy atom. The molecule has 8 heteroatoms. The number of ether oxygens (including phenoxy) is 2. The first-order valence-corrected chi connectivity index (χ1v) is 10.7. The molecule has 2 heterocycles. The molecule has 8 nitrogen and oxygen atoms in total. The number of anilines is 1. The van der Waals surface area contributed by atoms with Crippen LogP contribution in [-0.4, -0.2) is 22.4 Å². The van der Waals surface area contributed by atoms with E-state index in [0.29, 0.717) is 22.8 Å². The number of carbonyl (C=O) groups excluding carboxylic acids is 1. The highest BCUT2D eigenvalue weighted by Gasteiger charge is 2.18. The van der Waals surface area contributed by atoms with E-state index in [1.165, 1.54) is 17.6 Å². The lowest BCUT2D eigenvalue weighted by atomic mass is 10.1. The van der Waals surface area contributed by atoms with E-state index in [9.17, 15) is 14.9 Å². The number of nitrogens with zero attached hydrogens (tertiary/aromatic N) is 3. The molecule has 0 radical (unpaired) electrons. The average Bonchev–Trinajstić information content (AvgIpc) is 2.87. The third-order valence-corrected chi connectivity index (χ3v) is 5.50. The molecule has 0 atom stereocenters. The van der Waals surface area contributed by atoms with Crippen LogP contribution in [-0.2, 0) is 4.79 Å². The molecule has 0 aliphatic heterocycles. The molecule has 4 aromatic rings. The monoisotopic (exact) mass is 466 g/mol. The SMILES string of the molecule is COc1ccc(NC(=O)C(C#N)=Cc2c(Oc3cccc(C)c3C)nc3ccccn3c2=O)cc1. The van der Waals surface area contributed by atoms with Crippen molar-refractivity contribution in [1.29, 1.82) is 5.26 Å². The van der Waals surface area contributed by atoms with Crippen LogP contribution in [0.5, 0.6) is 17.4 Å². The summed E-state index contributed by atoms with van der Waals surface area (Å²) in [7, 11) is 1.54. The summed E-state index contributed by atoms with van der Waals surface area (Å²) in [5.74, 6) is 0.475. The fraction of sp³-hybridized carbons (Fsp3) is 0.111. The zero-order valence-corrected chi connectivity index (χ0v) is 19.4. The Balaban J connectivity index is 1.79. The standard InChI is InChI=1S/C27H22N4O4/c1-17-7-6-8-23(18(17)2)35-26-22(27(33)31-14-5-4-9-24(31)30-26)15-19(16-28)25(32)29-20-10-12-21(34-3)13-11-20/h4-15H,1-3H3,(H,29,32). The molecule has 0 saturated carbocycles. The molecule has 35 heavy (non-hydrogen) atoms. The van der Waals surface area contributed by atoms with Crippen molar-refractivity contribution in [3.05, 3.63) is 99.5 Å². The van der Waals surface area contributed by atoms with E-state index >= 15 is 0 Å². The van der Waals surface area contributed by atoms with Gasteiger partial charge in [-0.1, -0.05) is 18.2 Å². The summed E-state index contributed by atoms with van der Waals surface area (Å²) in [6, 6.07) is 19.2. The van der Waals surface area contributed by atoms with Crippen molar-refractivity contribution in [3.8, 4) is 23.4 Å². The first kappa shape index (κ1) is 23.3. The first-order valence-electron chi connectivity index (χ1n) is 10.7. The number of carbonyl (C=O) groups is 1. The number of benzene rings is 2. The van der Waals surface area contributed by atoms with E-state index in [1.807, 2.05) is 32.0 Å². The van der Waals surface area contributed by atoms with E-state index in [0.717, 1.165) is 11.1 Å². The number of nitrogens with one attached hydrogen (secondary N) is 1. The Morgan fingerprint density at radius 1 is 1.09 bits per heavy atom. The van der Waals surface area contributed by atoms with Crippen molar-refractivity contribution >= 4 is 23.3 Å². The van der Waals surface area contributed by atoms with Gasteiger partial charge in [0.25, 0.3) is 11.5 Å². The summed E-state index contributed by atoms with van der Waals surface area (Å²) in [6.07, 6.45) is 2.77. The number of pyridine rings is 1. The van der Waals surface area contributed by atoms with Crippen LogP contribution in [0.1, 0.15) is 16.7 Å². The van der Waals surface area contributed by atoms with Gasteiger partial charge >= 0.3 is 0 Å². The molecule has 1 amide bonds. The fourth-order valence-electron chi connectivity index (χ4n) is 3.39. The van der Waals surface area contributed by atoms with Gasteiger partial charge in [0.05, 0.1) is 7.11 Å². The Morgan fingerprint density at radius 2 is 1.86 bits per heavy atom. The number of hydrogen-bond acceptors (Lipinski definition) is 6. The molecule has 2 aromatic heterocycles. The van der Waals surface area contributed by atoms with E-state index in [1.54, 1.807) is 54.7 Å². The molecule has 0 unspecified atom stereocenters. The Kier molecular flexibility index (Phi) is 6.60. The topological polar surface area (TPSA) is 106 Å². The minimum Gasteiger partial charge on any atom is -0.497 e. The van der Waals surface area contributed by atoms with Crippen LogP contribution in [0.15, 0.2) is 77.2 Å². The molecule has 0 spiro atoms.